The maximum absolute atomic E-state index is 11.4. The van der Waals surface area contributed by atoms with E-state index in [0.717, 1.165) is 17.4 Å². The van der Waals surface area contributed by atoms with Gasteiger partial charge in [-0.1, -0.05) is 46.3 Å². The van der Waals surface area contributed by atoms with E-state index in [2.05, 4.69) is 20.7 Å². The second-order valence-electron chi connectivity index (χ2n) is 4.29. The Morgan fingerprint density at radius 3 is 2.61 bits per heavy atom. The molecule has 1 aromatic rings. The first-order chi connectivity index (χ1) is 8.60. The monoisotopic (exact) mass is 308 g/mol. The summed E-state index contributed by atoms with van der Waals surface area (Å²) in [6.07, 6.45) is 3.06. The Balaban J connectivity index is 2.35. The summed E-state index contributed by atoms with van der Waals surface area (Å²) in [6.45, 7) is 0. The van der Waals surface area contributed by atoms with Gasteiger partial charge in [-0.25, -0.2) is 4.79 Å². The van der Waals surface area contributed by atoms with Gasteiger partial charge in [0.1, 0.15) is 6.29 Å². The Morgan fingerprint density at radius 2 is 2.11 bits per heavy atom. The number of benzene rings is 1. The van der Waals surface area contributed by atoms with Crippen molar-refractivity contribution in [1.29, 1.82) is 0 Å². The molecule has 94 valence electrons. The van der Waals surface area contributed by atoms with Gasteiger partial charge in [0.15, 0.2) is 0 Å². The summed E-state index contributed by atoms with van der Waals surface area (Å²) in [5, 5.41) is 0. The van der Waals surface area contributed by atoms with E-state index in [0.29, 0.717) is 6.42 Å². The van der Waals surface area contributed by atoms with Crippen LogP contribution in [0.5, 0.6) is 0 Å². The molecule has 0 saturated heterocycles. The van der Waals surface area contributed by atoms with Crippen LogP contribution in [0.2, 0.25) is 0 Å². The Morgan fingerprint density at radius 1 is 1.44 bits per heavy atom. The summed E-state index contributed by atoms with van der Waals surface area (Å²) in [5.74, 6) is -0.377. The molecular weight excluding hydrogens is 296 g/mol. The van der Waals surface area contributed by atoms with E-state index in [4.69, 9.17) is 0 Å². The lowest BCUT2D eigenvalue weighted by atomic mass is 10.00. The molecule has 1 saturated carbocycles. The third kappa shape index (κ3) is 2.53. The van der Waals surface area contributed by atoms with E-state index >= 15 is 0 Å². The van der Waals surface area contributed by atoms with Crippen molar-refractivity contribution in [2.24, 2.45) is 5.92 Å². The fourth-order valence-corrected chi connectivity index (χ4v) is 2.52. The number of alkyl halides is 1. The van der Waals surface area contributed by atoms with Crippen LogP contribution in [0.3, 0.4) is 0 Å². The Bertz CT molecular complexity index is 495. The van der Waals surface area contributed by atoms with Crippen molar-refractivity contribution in [2.75, 3.05) is 7.11 Å². The number of hydrogen-bond donors (Lipinski definition) is 0. The van der Waals surface area contributed by atoms with E-state index in [1.807, 2.05) is 30.3 Å². The minimum Gasteiger partial charge on any atom is -0.466 e. The Hall–Kier alpha value is -1.42. The van der Waals surface area contributed by atoms with E-state index in [9.17, 15) is 9.59 Å². The summed E-state index contributed by atoms with van der Waals surface area (Å²) in [6, 6.07) is 9.56. The maximum atomic E-state index is 11.4. The quantitative estimate of drug-likeness (QED) is 0.372. The molecule has 1 fully saturated rings. The number of ether oxygens (including phenoxy) is 1. The molecule has 0 amide bonds. The lowest BCUT2D eigenvalue weighted by Crippen LogP contribution is -2.06. The molecule has 0 heterocycles. The standard InChI is InChI=1S/C14H13BrO3/c1-18-13(17)7-11(10-5-3-2-4-6-10)12-8-14(12,15)9-16/h2-7,9,12H,8H2,1H3/b11-7-/t12-,14+/m0/s1. The number of esters is 1. The molecule has 0 aliphatic heterocycles. The van der Waals surface area contributed by atoms with Crippen LogP contribution < -0.4 is 0 Å². The number of hydrogen-bond acceptors (Lipinski definition) is 3. The van der Waals surface area contributed by atoms with Crippen LogP contribution in [0.25, 0.3) is 5.57 Å². The third-order valence-electron chi connectivity index (χ3n) is 3.09. The average Bonchev–Trinajstić information content (AvgIpc) is 3.09. The molecule has 0 unspecified atom stereocenters. The van der Waals surface area contributed by atoms with Crippen molar-refractivity contribution < 1.29 is 14.3 Å². The lowest BCUT2D eigenvalue weighted by molar-refractivity contribution is -0.134. The topological polar surface area (TPSA) is 43.4 Å². The molecule has 1 aliphatic carbocycles. The number of aldehydes is 1. The van der Waals surface area contributed by atoms with Gasteiger partial charge >= 0.3 is 5.97 Å². The van der Waals surface area contributed by atoms with Crippen LogP contribution >= 0.6 is 15.9 Å². The highest BCUT2D eigenvalue weighted by Gasteiger charge is 2.54. The first-order valence-corrected chi connectivity index (χ1v) is 6.40. The number of allylic oxidation sites excluding steroid dienone is 1. The predicted octanol–water partition coefficient (Wildman–Crippen LogP) is 2.60. The molecule has 3 nitrogen and oxygen atoms in total. The van der Waals surface area contributed by atoms with Gasteiger partial charge in [-0.15, -0.1) is 0 Å². The molecule has 4 heteroatoms. The van der Waals surface area contributed by atoms with Gasteiger partial charge in [-0.05, 0) is 17.6 Å². The van der Waals surface area contributed by atoms with Gasteiger partial charge in [-0.3, -0.25) is 0 Å². The predicted molar refractivity (Wildman–Crippen MR) is 72.3 cm³/mol. The molecule has 0 radical (unpaired) electrons. The smallest absolute Gasteiger partial charge is 0.330 e. The van der Waals surface area contributed by atoms with Crippen molar-refractivity contribution in [3.8, 4) is 0 Å². The highest BCUT2D eigenvalue weighted by molar-refractivity contribution is 9.10. The SMILES string of the molecule is COC(=O)/C=C(/c1ccccc1)[C@@H]1C[C@@]1(Br)C=O. The van der Waals surface area contributed by atoms with Gasteiger partial charge in [0.05, 0.1) is 11.4 Å². The van der Waals surface area contributed by atoms with E-state index in [1.54, 1.807) is 0 Å². The van der Waals surface area contributed by atoms with Crippen LogP contribution in [0.1, 0.15) is 12.0 Å². The summed E-state index contributed by atoms with van der Waals surface area (Å²) < 4.78 is 4.14. The molecule has 1 aliphatic rings. The minimum atomic E-state index is -0.525. The fourth-order valence-electron chi connectivity index (χ4n) is 1.95. The highest BCUT2D eigenvalue weighted by atomic mass is 79.9. The van der Waals surface area contributed by atoms with E-state index in [1.165, 1.54) is 13.2 Å². The van der Waals surface area contributed by atoms with Gasteiger partial charge in [0.2, 0.25) is 0 Å². The second-order valence-corrected chi connectivity index (χ2v) is 5.77. The third-order valence-corrected chi connectivity index (χ3v) is 4.15. The normalized spacial score (nSPS) is 26.6. The summed E-state index contributed by atoms with van der Waals surface area (Å²) in [7, 11) is 1.34. The van der Waals surface area contributed by atoms with Crippen LogP contribution in [-0.4, -0.2) is 23.7 Å². The largest absolute Gasteiger partial charge is 0.466 e. The van der Waals surface area contributed by atoms with Crippen molar-refractivity contribution in [3.63, 3.8) is 0 Å². The zero-order valence-corrected chi connectivity index (χ0v) is 11.5. The molecular formula is C14H13BrO3. The molecule has 18 heavy (non-hydrogen) atoms. The number of methoxy groups -OCH3 is 1. The van der Waals surface area contributed by atoms with Gasteiger partial charge in [0.25, 0.3) is 0 Å². The first kappa shape index (κ1) is 13.0. The zero-order valence-electron chi connectivity index (χ0n) is 9.93. The van der Waals surface area contributed by atoms with Gasteiger partial charge in [0, 0.05) is 12.0 Å². The fraction of sp³-hybridized carbons (Fsp3) is 0.286. The maximum Gasteiger partial charge on any atom is 0.330 e. The Kier molecular flexibility index (Phi) is 3.66. The van der Waals surface area contributed by atoms with Gasteiger partial charge in [-0.2, -0.15) is 0 Å². The first-order valence-electron chi connectivity index (χ1n) is 5.61. The minimum absolute atomic E-state index is 0.0245. The summed E-state index contributed by atoms with van der Waals surface area (Å²) in [5.41, 5.74) is 1.78. The molecule has 0 bridgehead atoms. The van der Waals surface area contributed by atoms with Crippen molar-refractivity contribution in [1.82, 2.24) is 0 Å². The molecule has 0 N–H and O–H groups in total. The van der Waals surface area contributed by atoms with Gasteiger partial charge < -0.3 is 9.53 Å². The molecule has 2 atom stereocenters. The molecule has 1 aromatic carbocycles. The van der Waals surface area contributed by atoms with Crippen LogP contribution in [0.15, 0.2) is 36.4 Å². The van der Waals surface area contributed by atoms with E-state index < -0.39 is 10.3 Å². The number of halogens is 1. The highest BCUT2D eigenvalue weighted by Crippen LogP contribution is 2.56. The number of carbonyl (C=O) groups excluding carboxylic acids is 2. The van der Waals surface area contributed by atoms with Crippen LogP contribution in [0.4, 0.5) is 0 Å². The number of carbonyl (C=O) groups is 2. The van der Waals surface area contributed by atoms with Crippen LogP contribution in [-0.2, 0) is 14.3 Å². The van der Waals surface area contributed by atoms with Crippen molar-refractivity contribution >= 4 is 33.8 Å². The lowest BCUT2D eigenvalue weighted by Gasteiger charge is -2.08. The van der Waals surface area contributed by atoms with E-state index in [-0.39, 0.29) is 5.92 Å². The Labute approximate surface area is 114 Å². The van der Waals surface area contributed by atoms with Crippen LogP contribution in [0, 0.1) is 5.92 Å². The average molecular weight is 309 g/mol. The zero-order chi connectivity index (χ0) is 13.2. The number of rotatable bonds is 4. The summed E-state index contributed by atoms with van der Waals surface area (Å²) in [4.78, 5) is 22.4. The second kappa shape index (κ2) is 5.06. The molecule has 2 rings (SSSR count). The molecule has 0 aromatic heterocycles. The van der Waals surface area contributed by atoms with Crippen molar-refractivity contribution in [2.45, 2.75) is 10.7 Å². The van der Waals surface area contributed by atoms with Crippen molar-refractivity contribution in [3.05, 3.63) is 42.0 Å². The molecule has 0 spiro atoms. The summed E-state index contributed by atoms with van der Waals surface area (Å²) >= 11 is 3.40.